The maximum Gasteiger partial charge on any atom is 0.349 e. The van der Waals surface area contributed by atoms with E-state index in [0.717, 1.165) is 14.9 Å². The first-order valence-corrected chi connectivity index (χ1v) is 10.0. The summed E-state index contributed by atoms with van der Waals surface area (Å²) < 4.78 is 7.65. The number of aromatic nitrogens is 5. The zero-order valence-electron chi connectivity index (χ0n) is 16.7. The maximum atomic E-state index is 12.3. The Morgan fingerprint density at radius 3 is 2.24 bits per heavy atom. The molecule has 1 N–H and O–H groups in total. The summed E-state index contributed by atoms with van der Waals surface area (Å²) in [5.41, 5.74) is -1.01. The Kier molecular flexibility index (Phi) is 5.83. The fourth-order valence-corrected chi connectivity index (χ4v) is 3.39. The van der Waals surface area contributed by atoms with Crippen molar-refractivity contribution in [2.24, 2.45) is 0 Å². The van der Waals surface area contributed by atoms with Crippen molar-refractivity contribution in [1.29, 1.82) is 5.26 Å². The molecule has 0 spiro atoms. The highest BCUT2D eigenvalue weighted by Gasteiger charge is 2.16. The van der Waals surface area contributed by atoms with Crippen molar-refractivity contribution in [2.75, 3.05) is 0 Å². The van der Waals surface area contributed by atoms with Gasteiger partial charge in [-0.2, -0.15) is 14.6 Å². The van der Waals surface area contributed by atoms with E-state index in [1.165, 1.54) is 24.3 Å². The number of H-pyrrole nitrogens is 1. The van der Waals surface area contributed by atoms with Gasteiger partial charge in [-0.05, 0) is 31.2 Å². The van der Waals surface area contributed by atoms with Crippen LogP contribution >= 0.6 is 23.2 Å². The Bertz CT molecular complexity index is 1580. The van der Waals surface area contributed by atoms with Crippen molar-refractivity contribution >= 4 is 23.2 Å². The van der Waals surface area contributed by atoms with Gasteiger partial charge in [0.1, 0.15) is 6.07 Å². The van der Waals surface area contributed by atoms with E-state index < -0.39 is 16.9 Å². The number of halogens is 2. The third-order valence-corrected chi connectivity index (χ3v) is 4.98. The number of benzene rings is 2. The zero-order chi connectivity index (χ0) is 23.7. The van der Waals surface area contributed by atoms with E-state index in [1.54, 1.807) is 18.2 Å². The number of rotatable bonds is 4. The zero-order valence-corrected chi connectivity index (χ0v) is 18.3. The number of hydrogen-bond acceptors (Lipinski definition) is 7. The fourth-order valence-electron chi connectivity index (χ4n) is 2.84. The van der Waals surface area contributed by atoms with Crippen LogP contribution in [0.5, 0.6) is 11.6 Å². The lowest BCUT2D eigenvalue weighted by molar-refractivity contribution is 0.447. The Hall–Kier alpha value is -4.20. The summed E-state index contributed by atoms with van der Waals surface area (Å²) >= 11 is 12.6. The lowest BCUT2D eigenvalue weighted by Crippen LogP contribution is -2.33. The highest BCUT2D eigenvalue weighted by atomic mass is 35.5. The van der Waals surface area contributed by atoms with Crippen LogP contribution in [0.4, 0.5) is 0 Å². The van der Waals surface area contributed by atoms with Gasteiger partial charge in [-0.3, -0.25) is 14.6 Å². The highest BCUT2D eigenvalue weighted by Crippen LogP contribution is 2.37. The minimum atomic E-state index is -0.911. The number of aryl methyl sites for hydroxylation is 1. The van der Waals surface area contributed by atoms with Crippen LogP contribution in [0.25, 0.3) is 11.4 Å². The molecule has 4 aromatic rings. The van der Waals surface area contributed by atoms with Crippen molar-refractivity contribution < 1.29 is 4.74 Å². The third-order valence-electron chi connectivity index (χ3n) is 4.42. The summed E-state index contributed by atoms with van der Waals surface area (Å²) in [5, 5.41) is 16.9. The molecule has 0 bridgehead atoms. The molecule has 0 aliphatic rings. The van der Waals surface area contributed by atoms with E-state index in [1.807, 2.05) is 24.0 Å². The van der Waals surface area contributed by atoms with Gasteiger partial charge in [0.05, 0.1) is 21.4 Å². The molecule has 2 heterocycles. The van der Waals surface area contributed by atoms with Crippen LogP contribution < -0.4 is 21.5 Å². The Labute approximate surface area is 194 Å². The summed E-state index contributed by atoms with van der Waals surface area (Å²) in [6.45, 7) is 1.92. The minimum absolute atomic E-state index is 0.00852. The second-order valence-electron chi connectivity index (χ2n) is 6.73. The van der Waals surface area contributed by atoms with Gasteiger partial charge in [0, 0.05) is 12.1 Å². The number of ether oxygens (including phenoxy) is 1. The fraction of sp³-hybridized carbons (Fsp3) is 0.0476. The van der Waals surface area contributed by atoms with Crippen LogP contribution in [0.2, 0.25) is 10.0 Å². The van der Waals surface area contributed by atoms with Gasteiger partial charge < -0.3 is 4.74 Å². The molecule has 4 rings (SSSR count). The Balaban J connectivity index is 1.73. The summed E-state index contributed by atoms with van der Waals surface area (Å²) in [7, 11) is 0. The molecule has 0 aliphatic heterocycles. The van der Waals surface area contributed by atoms with Crippen molar-refractivity contribution in [3.8, 4) is 29.1 Å². The Morgan fingerprint density at radius 2 is 1.61 bits per heavy atom. The lowest BCUT2D eigenvalue weighted by atomic mass is 10.2. The predicted octanol–water partition coefficient (Wildman–Crippen LogP) is 2.75. The molecule has 10 nitrogen and oxygen atoms in total. The molecule has 0 saturated carbocycles. The first-order chi connectivity index (χ1) is 15.8. The Morgan fingerprint density at radius 1 is 0.939 bits per heavy atom. The largest absolute Gasteiger partial charge is 0.434 e. The summed E-state index contributed by atoms with van der Waals surface area (Å²) in [4.78, 5) is 37.9. The molecule has 0 atom stereocenters. The van der Waals surface area contributed by atoms with Gasteiger partial charge in [0.15, 0.2) is 5.75 Å². The third kappa shape index (κ3) is 4.41. The quantitative estimate of drug-likeness (QED) is 0.472. The molecule has 0 aliphatic carbocycles. The van der Waals surface area contributed by atoms with Gasteiger partial charge in [0.25, 0.3) is 11.1 Å². The van der Waals surface area contributed by atoms with Crippen LogP contribution in [-0.4, -0.2) is 24.5 Å². The summed E-state index contributed by atoms with van der Waals surface area (Å²) in [5.74, 6) is 0.0551. The molecule has 0 fully saturated rings. The van der Waals surface area contributed by atoms with Gasteiger partial charge >= 0.3 is 5.69 Å². The predicted molar refractivity (Wildman–Crippen MR) is 120 cm³/mol. The molecule has 33 heavy (non-hydrogen) atoms. The van der Waals surface area contributed by atoms with E-state index >= 15 is 0 Å². The molecule has 164 valence electrons. The SMILES string of the molecule is Cc1ccc(-n2nc(Oc3c(Cl)cc(-n4nc(C#N)c(=O)[nH]c4=O)cc3Cl)ccc2=O)cc1. The summed E-state index contributed by atoms with van der Waals surface area (Å²) in [6, 6.07) is 14.0. The van der Waals surface area contributed by atoms with E-state index in [2.05, 4.69) is 10.2 Å². The first kappa shape index (κ1) is 22.0. The second kappa shape index (κ2) is 8.74. The lowest BCUT2D eigenvalue weighted by Gasteiger charge is -2.12. The number of nitrogens with one attached hydrogen (secondary N) is 1. The van der Waals surface area contributed by atoms with Crippen molar-refractivity contribution in [3.63, 3.8) is 0 Å². The highest BCUT2D eigenvalue weighted by molar-refractivity contribution is 6.37. The van der Waals surface area contributed by atoms with Crippen LogP contribution in [0, 0.1) is 18.3 Å². The van der Waals surface area contributed by atoms with Crippen LogP contribution in [0.3, 0.4) is 0 Å². The van der Waals surface area contributed by atoms with E-state index in [0.29, 0.717) is 5.69 Å². The van der Waals surface area contributed by atoms with Gasteiger partial charge in [0.2, 0.25) is 11.6 Å². The van der Waals surface area contributed by atoms with E-state index in [4.69, 9.17) is 33.2 Å². The molecule has 0 unspecified atom stereocenters. The van der Waals surface area contributed by atoms with Crippen molar-refractivity contribution in [1.82, 2.24) is 24.5 Å². The molecule has 2 aromatic carbocycles. The summed E-state index contributed by atoms with van der Waals surface area (Å²) in [6.07, 6.45) is 0. The maximum absolute atomic E-state index is 12.3. The molecule has 2 aromatic heterocycles. The van der Waals surface area contributed by atoms with Gasteiger partial charge in [-0.25, -0.2) is 4.79 Å². The topological polar surface area (TPSA) is 136 Å². The van der Waals surface area contributed by atoms with Gasteiger partial charge in [-0.1, -0.05) is 40.9 Å². The van der Waals surface area contributed by atoms with Crippen LogP contribution in [0.15, 0.2) is 62.9 Å². The van der Waals surface area contributed by atoms with Gasteiger partial charge in [-0.15, -0.1) is 10.2 Å². The molecular weight excluding hydrogens is 471 g/mol. The number of nitrogens with zero attached hydrogens (tertiary/aromatic N) is 5. The van der Waals surface area contributed by atoms with Crippen LogP contribution in [0.1, 0.15) is 11.3 Å². The number of hydrogen-bond donors (Lipinski definition) is 1. The standard InChI is InChI=1S/C21H12Cl2N6O4/c1-11-2-4-12(5-3-11)28-18(30)7-6-17(27-28)33-19-14(22)8-13(9-15(19)23)29-21(32)25-20(31)16(10-24)26-29/h2-9H,1H3,(H,25,31,32). The molecule has 0 amide bonds. The average molecular weight is 483 g/mol. The monoisotopic (exact) mass is 482 g/mol. The molecular formula is C21H12Cl2N6O4. The molecule has 0 radical (unpaired) electrons. The van der Waals surface area contributed by atoms with Crippen LogP contribution in [-0.2, 0) is 0 Å². The smallest absolute Gasteiger partial charge is 0.349 e. The number of aromatic amines is 1. The first-order valence-electron chi connectivity index (χ1n) is 9.25. The van der Waals surface area contributed by atoms with E-state index in [9.17, 15) is 14.4 Å². The number of nitriles is 1. The van der Waals surface area contributed by atoms with Crippen molar-refractivity contribution in [2.45, 2.75) is 6.92 Å². The minimum Gasteiger partial charge on any atom is -0.434 e. The normalized spacial score (nSPS) is 10.6. The molecule has 0 saturated heterocycles. The average Bonchev–Trinajstić information content (AvgIpc) is 2.78. The van der Waals surface area contributed by atoms with Crippen molar-refractivity contribution in [3.05, 3.63) is 101 Å². The molecule has 12 heteroatoms. The second-order valence-corrected chi connectivity index (χ2v) is 7.54. The van der Waals surface area contributed by atoms with E-state index in [-0.39, 0.29) is 32.9 Å².